The molecule has 3 unspecified atom stereocenters. The van der Waals surface area contributed by atoms with Gasteiger partial charge in [0, 0.05) is 24.7 Å². The average Bonchev–Trinajstić information content (AvgIpc) is 3.25. The van der Waals surface area contributed by atoms with E-state index in [-0.39, 0.29) is 42.1 Å². The fourth-order valence-electron chi connectivity index (χ4n) is 7.03. The maximum absolute atomic E-state index is 13.7. The van der Waals surface area contributed by atoms with Crippen LogP contribution in [0, 0.1) is 24.7 Å². The van der Waals surface area contributed by atoms with Crippen molar-refractivity contribution in [2.24, 2.45) is 17.8 Å². The Bertz CT molecular complexity index is 1360. The third-order valence-corrected chi connectivity index (χ3v) is 9.38. The summed E-state index contributed by atoms with van der Waals surface area (Å²) < 4.78 is 27.5. The summed E-state index contributed by atoms with van der Waals surface area (Å²) in [5.74, 6) is 1.52. The van der Waals surface area contributed by atoms with Crippen LogP contribution in [0.5, 0.6) is 0 Å². The lowest BCUT2D eigenvalue weighted by Gasteiger charge is -2.37. The highest BCUT2D eigenvalue weighted by molar-refractivity contribution is 5.76. The molecule has 2 fully saturated rings. The van der Waals surface area contributed by atoms with Gasteiger partial charge in [-0.15, -0.1) is 0 Å². The van der Waals surface area contributed by atoms with Crippen molar-refractivity contribution in [3.63, 3.8) is 0 Å². The third-order valence-electron chi connectivity index (χ3n) is 9.38. The van der Waals surface area contributed by atoms with E-state index >= 15 is 0 Å². The van der Waals surface area contributed by atoms with Crippen LogP contribution < -0.4 is 5.32 Å². The van der Waals surface area contributed by atoms with Crippen LogP contribution in [0.1, 0.15) is 73.5 Å². The van der Waals surface area contributed by atoms with Gasteiger partial charge in [0.1, 0.15) is 18.0 Å². The van der Waals surface area contributed by atoms with Gasteiger partial charge in [-0.2, -0.15) is 10.2 Å². The van der Waals surface area contributed by atoms with Gasteiger partial charge in [0.2, 0.25) is 5.91 Å². The predicted molar refractivity (Wildman–Crippen MR) is 153 cm³/mol. The zero-order valence-electron chi connectivity index (χ0n) is 24.1. The average molecular weight is 580 g/mol. The molecule has 2 aliphatic carbocycles. The fourth-order valence-corrected chi connectivity index (χ4v) is 7.03. The topological polar surface area (TPSA) is 79.7 Å². The molecule has 3 heterocycles. The van der Waals surface area contributed by atoms with Crippen molar-refractivity contribution in [3.05, 3.63) is 76.8 Å². The number of benzene rings is 1. The van der Waals surface area contributed by atoms with Crippen molar-refractivity contribution in [1.29, 1.82) is 0 Å². The third kappa shape index (κ3) is 6.08. The minimum absolute atomic E-state index is 0.0340. The van der Waals surface area contributed by atoms with Crippen LogP contribution in [0.3, 0.4) is 0 Å². The SMILES string of the molecule is Cc1cc(C(F)F)nn1CC(=O)N1CCC(C2CC3CC=CC=C3ON(C(=O)NC3CCCc4ccccc43)C2)CC1. The standard InChI is InChI=1S/C32H39F2N5O3/c1-21-17-28(31(33)34)36-38(21)20-30(40)37-15-13-22(14-16-37)25-18-24-8-3-5-12-29(24)42-39(19-25)32(41)35-27-11-6-9-23-7-2-4-10-26(23)27/h2-5,7,10,12,17,22,24-25,27,31H,6,8-9,11,13-16,18-20H2,1H3,(H,35,41). The second-order valence-corrected chi connectivity index (χ2v) is 12.1. The molecule has 2 aromatic rings. The lowest BCUT2D eigenvalue weighted by molar-refractivity contribution is -0.134. The zero-order chi connectivity index (χ0) is 29.2. The first-order chi connectivity index (χ1) is 20.4. The number of nitrogens with zero attached hydrogens (tertiary/aromatic N) is 4. The Morgan fingerprint density at radius 3 is 2.74 bits per heavy atom. The first-order valence-corrected chi connectivity index (χ1v) is 15.2. The highest BCUT2D eigenvalue weighted by atomic mass is 19.3. The van der Waals surface area contributed by atoms with E-state index in [4.69, 9.17) is 4.84 Å². The zero-order valence-corrected chi connectivity index (χ0v) is 24.1. The number of urea groups is 1. The number of allylic oxidation sites excluding steroid dienone is 4. The Kier molecular flexibility index (Phi) is 8.31. The van der Waals surface area contributed by atoms with Gasteiger partial charge < -0.3 is 15.1 Å². The number of aromatic nitrogens is 2. The molecule has 8 nitrogen and oxygen atoms in total. The Labute approximate surface area is 245 Å². The van der Waals surface area contributed by atoms with E-state index in [0.29, 0.717) is 31.2 Å². The molecule has 42 heavy (non-hydrogen) atoms. The number of likely N-dealkylation sites (tertiary alicyclic amines) is 1. The van der Waals surface area contributed by atoms with Crippen LogP contribution in [-0.4, -0.2) is 51.3 Å². The van der Waals surface area contributed by atoms with Gasteiger partial charge in [0.25, 0.3) is 6.43 Å². The molecule has 4 aliphatic rings. The van der Waals surface area contributed by atoms with Gasteiger partial charge in [-0.25, -0.2) is 13.6 Å². The van der Waals surface area contributed by atoms with Gasteiger partial charge in [0.05, 0.1) is 12.6 Å². The number of amides is 3. The maximum Gasteiger partial charge on any atom is 0.350 e. The highest BCUT2D eigenvalue weighted by Crippen LogP contribution is 2.39. The second kappa shape index (κ2) is 12.3. The van der Waals surface area contributed by atoms with E-state index in [1.54, 1.807) is 6.92 Å². The number of hydroxylamine groups is 2. The van der Waals surface area contributed by atoms with Gasteiger partial charge in [-0.05, 0) is 87.0 Å². The van der Waals surface area contributed by atoms with E-state index in [1.807, 2.05) is 23.1 Å². The summed E-state index contributed by atoms with van der Waals surface area (Å²) in [7, 11) is 0. The van der Waals surface area contributed by atoms with E-state index in [9.17, 15) is 18.4 Å². The number of rotatable bonds is 5. The molecule has 0 bridgehead atoms. The summed E-state index contributed by atoms with van der Waals surface area (Å²) in [6.07, 6.45) is 9.90. The number of fused-ring (bicyclic) bond motifs is 2. The van der Waals surface area contributed by atoms with Crippen LogP contribution in [0.25, 0.3) is 0 Å². The van der Waals surface area contributed by atoms with Crippen molar-refractivity contribution >= 4 is 11.9 Å². The van der Waals surface area contributed by atoms with Gasteiger partial charge in [-0.1, -0.05) is 36.4 Å². The Morgan fingerprint density at radius 2 is 1.95 bits per heavy atom. The number of alkyl halides is 2. The summed E-state index contributed by atoms with van der Waals surface area (Å²) in [6, 6.07) is 9.42. The molecule has 0 saturated carbocycles. The summed E-state index contributed by atoms with van der Waals surface area (Å²) in [4.78, 5) is 34.8. The number of hydrogen-bond acceptors (Lipinski definition) is 4. The van der Waals surface area contributed by atoms with E-state index in [0.717, 1.165) is 50.7 Å². The molecule has 0 radical (unpaired) electrons. The lowest BCUT2D eigenvalue weighted by Crippen LogP contribution is -2.46. The Morgan fingerprint density at radius 1 is 1.14 bits per heavy atom. The van der Waals surface area contributed by atoms with E-state index in [1.165, 1.54) is 26.9 Å². The van der Waals surface area contributed by atoms with Crippen molar-refractivity contribution < 1.29 is 23.2 Å². The molecule has 3 atom stereocenters. The second-order valence-electron chi connectivity index (χ2n) is 12.1. The fraction of sp³-hybridized carbons (Fsp3) is 0.531. The van der Waals surface area contributed by atoms with Gasteiger partial charge in [-0.3, -0.25) is 9.48 Å². The monoisotopic (exact) mass is 579 g/mol. The molecule has 6 rings (SSSR count). The quantitative estimate of drug-likeness (QED) is 0.481. The molecular formula is C32H39F2N5O3. The van der Waals surface area contributed by atoms with Crippen LogP contribution in [-0.2, 0) is 22.6 Å². The number of carbonyl (C=O) groups is 2. The Balaban J connectivity index is 1.10. The molecular weight excluding hydrogens is 540 g/mol. The van der Waals surface area contributed by atoms with E-state index < -0.39 is 6.43 Å². The first kappa shape index (κ1) is 28.4. The highest BCUT2D eigenvalue weighted by Gasteiger charge is 2.38. The number of nitrogens with one attached hydrogen (secondary N) is 1. The molecule has 224 valence electrons. The molecule has 0 spiro atoms. The number of carbonyl (C=O) groups excluding carboxylic acids is 2. The van der Waals surface area contributed by atoms with Crippen molar-refractivity contribution in [3.8, 4) is 0 Å². The van der Waals surface area contributed by atoms with Crippen molar-refractivity contribution in [2.45, 2.75) is 70.9 Å². The largest absolute Gasteiger partial charge is 0.380 e. The predicted octanol–water partition coefficient (Wildman–Crippen LogP) is 5.87. The molecule has 1 aromatic heterocycles. The molecule has 3 amide bonds. The molecule has 1 aromatic carbocycles. The number of halogens is 2. The van der Waals surface area contributed by atoms with Gasteiger partial charge in [0.15, 0.2) is 0 Å². The van der Waals surface area contributed by atoms with E-state index in [2.05, 4.69) is 34.7 Å². The first-order valence-electron chi connectivity index (χ1n) is 15.2. The van der Waals surface area contributed by atoms with Crippen LogP contribution in [0.15, 0.2) is 54.3 Å². The smallest absolute Gasteiger partial charge is 0.350 e. The van der Waals surface area contributed by atoms with Gasteiger partial charge >= 0.3 is 6.03 Å². The van der Waals surface area contributed by atoms with Crippen molar-refractivity contribution in [1.82, 2.24) is 25.1 Å². The number of piperidine rings is 1. The maximum atomic E-state index is 13.7. The Hall–Kier alpha value is -3.69. The lowest BCUT2D eigenvalue weighted by atomic mass is 9.77. The summed E-state index contributed by atoms with van der Waals surface area (Å²) in [5, 5.41) is 8.70. The van der Waals surface area contributed by atoms with Crippen LogP contribution in [0.2, 0.25) is 0 Å². The number of aryl methyl sites for hydroxylation is 2. The summed E-state index contributed by atoms with van der Waals surface area (Å²) >= 11 is 0. The number of hydrogen-bond donors (Lipinski definition) is 1. The summed E-state index contributed by atoms with van der Waals surface area (Å²) in [6.45, 7) is 3.34. The minimum Gasteiger partial charge on any atom is -0.380 e. The van der Waals surface area contributed by atoms with Crippen molar-refractivity contribution in [2.75, 3.05) is 19.6 Å². The van der Waals surface area contributed by atoms with Crippen LogP contribution in [0.4, 0.5) is 13.6 Å². The van der Waals surface area contributed by atoms with Crippen LogP contribution >= 0.6 is 0 Å². The molecule has 2 saturated heterocycles. The summed E-state index contributed by atoms with van der Waals surface area (Å²) in [5.41, 5.74) is 2.73. The molecule has 2 aliphatic heterocycles. The normalized spacial score (nSPS) is 24.4. The molecule has 10 heteroatoms. The molecule has 1 N–H and O–H groups in total. The minimum atomic E-state index is -2.66.